The van der Waals surface area contributed by atoms with E-state index in [1.54, 1.807) is 38.5 Å². The van der Waals surface area contributed by atoms with Crippen molar-refractivity contribution in [2.45, 2.75) is 13.5 Å². The van der Waals surface area contributed by atoms with Gasteiger partial charge in [0.25, 0.3) is 5.91 Å². The molecule has 18 heavy (non-hydrogen) atoms. The minimum absolute atomic E-state index is 0.219. The number of oxazole rings is 1. The van der Waals surface area contributed by atoms with E-state index in [9.17, 15) is 4.79 Å². The molecule has 0 bridgehead atoms. The van der Waals surface area contributed by atoms with E-state index in [0.29, 0.717) is 17.3 Å². The zero-order valence-electron chi connectivity index (χ0n) is 10.2. The van der Waals surface area contributed by atoms with Crippen LogP contribution in [0.15, 0.2) is 28.9 Å². The highest BCUT2D eigenvalue weighted by Gasteiger charge is 2.11. The van der Waals surface area contributed by atoms with Crippen molar-refractivity contribution < 1.29 is 9.21 Å². The van der Waals surface area contributed by atoms with Crippen molar-refractivity contribution in [3.8, 4) is 0 Å². The van der Waals surface area contributed by atoms with Crippen molar-refractivity contribution >= 4 is 11.7 Å². The summed E-state index contributed by atoms with van der Waals surface area (Å²) in [5, 5.41) is 5.60. The van der Waals surface area contributed by atoms with Crippen LogP contribution >= 0.6 is 0 Å². The molecule has 94 valence electrons. The molecule has 0 fully saturated rings. The van der Waals surface area contributed by atoms with E-state index in [1.807, 2.05) is 0 Å². The molecule has 0 unspecified atom stereocenters. The Bertz CT molecular complexity index is 551. The average Bonchev–Trinajstić information content (AvgIpc) is 2.81. The Hall–Kier alpha value is -2.37. The number of amides is 1. The number of hydrogen-bond acceptors (Lipinski definition) is 5. The van der Waals surface area contributed by atoms with E-state index >= 15 is 0 Å². The van der Waals surface area contributed by atoms with Crippen molar-refractivity contribution in [3.63, 3.8) is 0 Å². The first kappa shape index (κ1) is 12.1. The fraction of sp³-hybridized carbons (Fsp3) is 0.250. The molecule has 6 heteroatoms. The summed E-state index contributed by atoms with van der Waals surface area (Å²) in [5.41, 5.74) is 0.489. The molecule has 0 saturated carbocycles. The van der Waals surface area contributed by atoms with Gasteiger partial charge in [-0.3, -0.25) is 4.79 Å². The molecule has 0 radical (unpaired) electrons. The van der Waals surface area contributed by atoms with Gasteiger partial charge in [-0.15, -0.1) is 0 Å². The van der Waals surface area contributed by atoms with Crippen molar-refractivity contribution in [2.24, 2.45) is 0 Å². The smallest absolute Gasteiger partial charge is 0.255 e. The normalized spacial score (nSPS) is 10.1. The number of pyridine rings is 1. The minimum atomic E-state index is -0.219. The molecule has 2 aromatic heterocycles. The second kappa shape index (κ2) is 5.31. The third-order valence-electron chi connectivity index (χ3n) is 2.36. The van der Waals surface area contributed by atoms with Crippen LogP contribution in [-0.2, 0) is 6.54 Å². The molecular formula is C12H14N4O2. The minimum Gasteiger partial charge on any atom is -0.444 e. The third kappa shape index (κ3) is 2.65. The number of aromatic nitrogens is 2. The SMILES string of the molecule is CNc1ncccc1C(=O)NCc1ncc(C)o1. The van der Waals surface area contributed by atoms with Gasteiger partial charge in [-0.1, -0.05) is 0 Å². The summed E-state index contributed by atoms with van der Waals surface area (Å²) in [5.74, 6) is 1.52. The van der Waals surface area contributed by atoms with Crippen molar-refractivity contribution in [1.29, 1.82) is 0 Å². The molecule has 2 aromatic rings. The van der Waals surface area contributed by atoms with Crippen LogP contribution < -0.4 is 10.6 Å². The first-order chi connectivity index (χ1) is 8.70. The van der Waals surface area contributed by atoms with Crippen LogP contribution in [0, 0.1) is 6.92 Å². The Morgan fingerprint density at radius 3 is 2.94 bits per heavy atom. The maximum Gasteiger partial charge on any atom is 0.255 e. The van der Waals surface area contributed by atoms with E-state index in [0.717, 1.165) is 5.76 Å². The molecule has 2 heterocycles. The molecular weight excluding hydrogens is 232 g/mol. The second-order valence-electron chi connectivity index (χ2n) is 3.70. The van der Waals surface area contributed by atoms with Crippen LogP contribution in [-0.4, -0.2) is 22.9 Å². The molecule has 0 aliphatic heterocycles. The topological polar surface area (TPSA) is 80.0 Å². The van der Waals surface area contributed by atoms with Gasteiger partial charge in [-0.2, -0.15) is 0 Å². The lowest BCUT2D eigenvalue weighted by atomic mass is 10.2. The second-order valence-corrected chi connectivity index (χ2v) is 3.70. The Labute approximate surface area is 104 Å². The summed E-state index contributed by atoms with van der Waals surface area (Å²) >= 11 is 0. The number of anilines is 1. The number of rotatable bonds is 4. The predicted molar refractivity (Wildman–Crippen MR) is 66.2 cm³/mol. The van der Waals surface area contributed by atoms with Crippen molar-refractivity contribution in [2.75, 3.05) is 12.4 Å². The van der Waals surface area contributed by atoms with E-state index in [1.165, 1.54) is 0 Å². The zero-order chi connectivity index (χ0) is 13.0. The summed E-state index contributed by atoms with van der Waals surface area (Å²) in [7, 11) is 1.72. The van der Waals surface area contributed by atoms with Crippen LogP contribution in [0.2, 0.25) is 0 Å². The molecule has 0 spiro atoms. The van der Waals surface area contributed by atoms with Crippen LogP contribution in [0.5, 0.6) is 0 Å². The summed E-state index contributed by atoms with van der Waals surface area (Å²) in [4.78, 5) is 20.0. The molecule has 2 N–H and O–H groups in total. The van der Waals surface area contributed by atoms with E-state index < -0.39 is 0 Å². The summed E-state index contributed by atoms with van der Waals surface area (Å²) < 4.78 is 5.27. The first-order valence-electron chi connectivity index (χ1n) is 5.53. The molecule has 0 aliphatic carbocycles. The lowest BCUT2D eigenvalue weighted by Crippen LogP contribution is -2.24. The van der Waals surface area contributed by atoms with Crippen molar-refractivity contribution in [1.82, 2.24) is 15.3 Å². The maximum atomic E-state index is 11.9. The number of nitrogens with one attached hydrogen (secondary N) is 2. The molecule has 2 rings (SSSR count). The Balaban J connectivity index is 2.03. The average molecular weight is 246 g/mol. The lowest BCUT2D eigenvalue weighted by molar-refractivity contribution is 0.0947. The fourth-order valence-corrected chi connectivity index (χ4v) is 1.52. The van der Waals surface area contributed by atoms with Gasteiger partial charge in [0.05, 0.1) is 18.3 Å². The highest BCUT2D eigenvalue weighted by atomic mass is 16.4. The van der Waals surface area contributed by atoms with E-state index in [4.69, 9.17) is 4.42 Å². The zero-order valence-corrected chi connectivity index (χ0v) is 10.2. The quantitative estimate of drug-likeness (QED) is 0.851. The Morgan fingerprint density at radius 2 is 2.28 bits per heavy atom. The number of hydrogen-bond donors (Lipinski definition) is 2. The van der Waals surface area contributed by atoms with Gasteiger partial charge < -0.3 is 15.1 Å². The van der Waals surface area contributed by atoms with Gasteiger partial charge in [0, 0.05) is 13.2 Å². The number of carbonyl (C=O) groups excluding carboxylic acids is 1. The molecule has 0 aliphatic rings. The van der Waals surface area contributed by atoms with Gasteiger partial charge in [-0.05, 0) is 19.1 Å². The Morgan fingerprint density at radius 1 is 1.44 bits per heavy atom. The summed E-state index contributed by atoms with van der Waals surface area (Å²) in [6.07, 6.45) is 3.24. The fourth-order valence-electron chi connectivity index (χ4n) is 1.52. The highest BCUT2D eigenvalue weighted by molar-refractivity contribution is 5.98. The van der Waals surface area contributed by atoms with Crippen LogP contribution in [0.1, 0.15) is 22.0 Å². The maximum absolute atomic E-state index is 11.9. The standard InChI is InChI=1S/C12H14N4O2/c1-8-6-15-10(18-8)7-16-12(17)9-4-3-5-14-11(9)13-2/h3-6H,7H2,1-2H3,(H,13,14)(H,16,17). The van der Waals surface area contributed by atoms with Gasteiger partial charge in [-0.25, -0.2) is 9.97 Å². The van der Waals surface area contributed by atoms with Gasteiger partial charge in [0.1, 0.15) is 11.6 Å². The van der Waals surface area contributed by atoms with Gasteiger partial charge in [0.2, 0.25) is 5.89 Å². The van der Waals surface area contributed by atoms with E-state index in [2.05, 4.69) is 20.6 Å². The van der Waals surface area contributed by atoms with Crippen molar-refractivity contribution in [3.05, 3.63) is 41.7 Å². The molecule has 0 aromatic carbocycles. The molecule has 1 amide bonds. The predicted octanol–water partition coefficient (Wildman–Crippen LogP) is 1.35. The first-order valence-corrected chi connectivity index (χ1v) is 5.53. The van der Waals surface area contributed by atoms with Gasteiger partial charge in [0.15, 0.2) is 0 Å². The summed E-state index contributed by atoms with van der Waals surface area (Å²) in [6.45, 7) is 2.06. The lowest BCUT2D eigenvalue weighted by Gasteiger charge is -2.07. The van der Waals surface area contributed by atoms with Crippen LogP contribution in [0.3, 0.4) is 0 Å². The summed E-state index contributed by atoms with van der Waals surface area (Å²) in [6, 6.07) is 3.42. The third-order valence-corrected chi connectivity index (χ3v) is 2.36. The molecule has 0 atom stereocenters. The van der Waals surface area contributed by atoms with Crippen LogP contribution in [0.25, 0.3) is 0 Å². The number of aryl methyl sites for hydroxylation is 1. The van der Waals surface area contributed by atoms with Gasteiger partial charge >= 0.3 is 0 Å². The largest absolute Gasteiger partial charge is 0.444 e. The monoisotopic (exact) mass is 246 g/mol. The van der Waals surface area contributed by atoms with E-state index in [-0.39, 0.29) is 12.5 Å². The molecule has 0 saturated heterocycles. The highest BCUT2D eigenvalue weighted by Crippen LogP contribution is 2.10. The molecule has 6 nitrogen and oxygen atoms in total. The number of nitrogens with zero attached hydrogens (tertiary/aromatic N) is 2. The number of carbonyl (C=O) groups is 1. The Kier molecular flexibility index (Phi) is 3.57. The van der Waals surface area contributed by atoms with Crippen LogP contribution in [0.4, 0.5) is 5.82 Å².